The monoisotopic (exact) mass is 415 g/mol. The summed E-state index contributed by atoms with van der Waals surface area (Å²) in [5.74, 6) is 0.751. The Balaban J connectivity index is 2.12. The second-order valence-corrected chi connectivity index (χ2v) is 6.94. The molecule has 0 N–H and O–H groups in total. The first-order valence-electron chi connectivity index (χ1n) is 10.5. The molecule has 2 aromatic rings. The standard InChI is InChI=1S/C24H33NO5/c1-4-28-24(26)15-16-25(17-20-11-13-23(27-3)14-12-20)18-22(19-30-29-5-2)21-9-7-6-8-10-21/h6-14,22H,4-5,15-19H2,1-3H3. The Labute approximate surface area is 179 Å². The highest BCUT2D eigenvalue weighted by molar-refractivity contribution is 5.69. The Morgan fingerprint density at radius 1 is 0.967 bits per heavy atom. The summed E-state index contributed by atoms with van der Waals surface area (Å²) < 4.78 is 10.4. The molecule has 2 rings (SSSR count). The van der Waals surface area contributed by atoms with Gasteiger partial charge in [-0.1, -0.05) is 42.5 Å². The lowest BCUT2D eigenvalue weighted by Crippen LogP contribution is -2.32. The van der Waals surface area contributed by atoms with Crippen molar-refractivity contribution in [1.29, 1.82) is 0 Å². The number of carbonyl (C=O) groups excluding carboxylic acids is 1. The molecule has 0 heterocycles. The van der Waals surface area contributed by atoms with Crippen molar-refractivity contribution < 1.29 is 24.0 Å². The van der Waals surface area contributed by atoms with Gasteiger partial charge in [-0.2, -0.15) is 0 Å². The zero-order chi connectivity index (χ0) is 21.6. The number of rotatable bonds is 14. The molecule has 2 aromatic carbocycles. The Bertz CT molecular complexity index is 720. The van der Waals surface area contributed by atoms with Crippen molar-refractivity contribution in [2.75, 3.05) is 40.0 Å². The van der Waals surface area contributed by atoms with Gasteiger partial charge in [-0.05, 0) is 37.1 Å². The first-order chi connectivity index (χ1) is 14.7. The van der Waals surface area contributed by atoms with Gasteiger partial charge in [-0.15, -0.1) is 0 Å². The van der Waals surface area contributed by atoms with Crippen molar-refractivity contribution in [2.24, 2.45) is 0 Å². The van der Waals surface area contributed by atoms with Gasteiger partial charge < -0.3 is 9.47 Å². The van der Waals surface area contributed by atoms with Gasteiger partial charge in [-0.25, -0.2) is 9.78 Å². The van der Waals surface area contributed by atoms with E-state index >= 15 is 0 Å². The third-order valence-corrected chi connectivity index (χ3v) is 4.72. The lowest BCUT2D eigenvalue weighted by molar-refractivity contribution is -0.294. The summed E-state index contributed by atoms with van der Waals surface area (Å²) in [7, 11) is 1.66. The Morgan fingerprint density at radius 2 is 1.70 bits per heavy atom. The van der Waals surface area contributed by atoms with E-state index in [1.807, 2.05) is 56.3 Å². The minimum absolute atomic E-state index is 0.109. The summed E-state index contributed by atoms with van der Waals surface area (Å²) in [5.41, 5.74) is 2.32. The second-order valence-electron chi connectivity index (χ2n) is 6.94. The van der Waals surface area contributed by atoms with Crippen LogP contribution in [0.1, 0.15) is 37.3 Å². The molecule has 1 atom stereocenters. The van der Waals surface area contributed by atoms with Gasteiger partial charge in [0.25, 0.3) is 0 Å². The van der Waals surface area contributed by atoms with Gasteiger partial charge >= 0.3 is 5.97 Å². The van der Waals surface area contributed by atoms with Gasteiger partial charge in [0.1, 0.15) is 5.75 Å². The third kappa shape index (κ3) is 8.53. The molecule has 0 aromatic heterocycles. The third-order valence-electron chi connectivity index (χ3n) is 4.72. The number of esters is 1. The summed E-state index contributed by atoms with van der Waals surface area (Å²) in [5, 5.41) is 0. The fourth-order valence-electron chi connectivity index (χ4n) is 3.21. The van der Waals surface area contributed by atoms with Crippen molar-refractivity contribution in [3.8, 4) is 5.75 Å². The van der Waals surface area contributed by atoms with Gasteiger partial charge in [0.15, 0.2) is 0 Å². The molecule has 0 radical (unpaired) electrons. The van der Waals surface area contributed by atoms with Crippen molar-refractivity contribution in [3.63, 3.8) is 0 Å². The fraction of sp³-hybridized carbons (Fsp3) is 0.458. The predicted molar refractivity (Wildman–Crippen MR) is 116 cm³/mol. The van der Waals surface area contributed by atoms with E-state index < -0.39 is 0 Å². The molecule has 6 heteroatoms. The maximum absolute atomic E-state index is 11.9. The van der Waals surface area contributed by atoms with Crippen LogP contribution in [0.3, 0.4) is 0 Å². The van der Waals surface area contributed by atoms with Gasteiger partial charge in [0.2, 0.25) is 0 Å². The number of benzene rings is 2. The number of nitrogens with zero attached hydrogens (tertiary/aromatic N) is 1. The average molecular weight is 416 g/mol. The van der Waals surface area contributed by atoms with Crippen molar-refractivity contribution in [3.05, 3.63) is 65.7 Å². The first kappa shape index (κ1) is 23.9. The van der Waals surface area contributed by atoms with Crippen molar-refractivity contribution >= 4 is 5.97 Å². The normalized spacial score (nSPS) is 12.0. The smallest absolute Gasteiger partial charge is 0.307 e. The fourth-order valence-corrected chi connectivity index (χ4v) is 3.21. The van der Waals surface area contributed by atoms with Crippen LogP contribution in [0.15, 0.2) is 54.6 Å². The quantitative estimate of drug-likeness (QED) is 0.199. The van der Waals surface area contributed by atoms with Crippen molar-refractivity contribution in [1.82, 2.24) is 4.90 Å². The van der Waals surface area contributed by atoms with Gasteiger partial charge in [0.05, 0.1) is 33.4 Å². The van der Waals surface area contributed by atoms with Crippen LogP contribution >= 0.6 is 0 Å². The van der Waals surface area contributed by atoms with E-state index in [0.29, 0.717) is 39.3 Å². The molecular formula is C24H33NO5. The van der Waals surface area contributed by atoms with Gasteiger partial charge in [-0.3, -0.25) is 9.69 Å². The van der Waals surface area contributed by atoms with E-state index in [1.54, 1.807) is 7.11 Å². The van der Waals surface area contributed by atoms with Crippen LogP contribution in [0.2, 0.25) is 0 Å². The minimum Gasteiger partial charge on any atom is -0.497 e. The lowest BCUT2D eigenvalue weighted by atomic mass is 9.99. The number of carbonyl (C=O) groups is 1. The van der Waals surface area contributed by atoms with Crippen LogP contribution in [0, 0.1) is 0 Å². The molecule has 1 unspecified atom stereocenters. The number of hydrogen-bond donors (Lipinski definition) is 0. The lowest BCUT2D eigenvalue weighted by Gasteiger charge is -2.27. The highest BCUT2D eigenvalue weighted by atomic mass is 17.2. The number of ether oxygens (including phenoxy) is 2. The Morgan fingerprint density at radius 3 is 2.33 bits per heavy atom. The molecule has 0 aliphatic carbocycles. The molecule has 0 amide bonds. The van der Waals surface area contributed by atoms with Crippen LogP contribution in [-0.4, -0.2) is 50.9 Å². The largest absolute Gasteiger partial charge is 0.497 e. The predicted octanol–water partition coefficient (Wildman–Crippen LogP) is 4.20. The first-order valence-corrected chi connectivity index (χ1v) is 10.5. The zero-order valence-electron chi connectivity index (χ0n) is 18.2. The van der Waals surface area contributed by atoms with Crippen LogP contribution in [0.5, 0.6) is 5.75 Å². The Hall–Kier alpha value is -2.41. The topological polar surface area (TPSA) is 57.2 Å². The molecule has 0 saturated heterocycles. The van der Waals surface area contributed by atoms with E-state index in [1.165, 1.54) is 5.56 Å². The molecule has 0 spiro atoms. The van der Waals surface area contributed by atoms with E-state index in [-0.39, 0.29) is 11.9 Å². The summed E-state index contributed by atoms with van der Waals surface area (Å²) >= 11 is 0. The zero-order valence-corrected chi connectivity index (χ0v) is 18.2. The highest BCUT2D eigenvalue weighted by Gasteiger charge is 2.19. The molecule has 30 heavy (non-hydrogen) atoms. The SMILES string of the molecule is CCOOCC(CN(CCC(=O)OCC)Cc1ccc(OC)cc1)c1ccccc1. The van der Waals surface area contributed by atoms with Crippen LogP contribution < -0.4 is 4.74 Å². The summed E-state index contributed by atoms with van der Waals surface area (Å²) in [6.07, 6.45) is 0.345. The molecular weight excluding hydrogens is 382 g/mol. The van der Waals surface area contributed by atoms with E-state index in [9.17, 15) is 4.79 Å². The second kappa shape index (κ2) is 13.7. The Kier molecular flexibility index (Phi) is 10.9. The minimum atomic E-state index is -0.181. The summed E-state index contributed by atoms with van der Waals surface area (Å²) in [6, 6.07) is 18.2. The molecule has 164 valence electrons. The van der Waals surface area contributed by atoms with E-state index in [0.717, 1.165) is 17.9 Å². The highest BCUT2D eigenvalue weighted by Crippen LogP contribution is 2.20. The molecule has 0 saturated carbocycles. The summed E-state index contributed by atoms with van der Waals surface area (Å²) in [4.78, 5) is 24.7. The average Bonchev–Trinajstić information content (AvgIpc) is 2.78. The number of methoxy groups -OCH3 is 1. The number of hydrogen-bond acceptors (Lipinski definition) is 6. The maximum atomic E-state index is 11.9. The molecule has 0 bridgehead atoms. The molecule has 0 fully saturated rings. The van der Waals surface area contributed by atoms with Crippen LogP contribution in [0.4, 0.5) is 0 Å². The van der Waals surface area contributed by atoms with E-state index in [2.05, 4.69) is 17.0 Å². The maximum Gasteiger partial charge on any atom is 0.307 e. The van der Waals surface area contributed by atoms with Gasteiger partial charge in [0, 0.05) is 25.6 Å². The van der Waals surface area contributed by atoms with Crippen LogP contribution in [-0.2, 0) is 25.9 Å². The molecule has 0 aliphatic rings. The summed E-state index contributed by atoms with van der Waals surface area (Å²) in [6.45, 7) is 7.09. The molecule has 6 nitrogen and oxygen atoms in total. The van der Waals surface area contributed by atoms with Crippen LogP contribution in [0.25, 0.3) is 0 Å². The van der Waals surface area contributed by atoms with E-state index in [4.69, 9.17) is 19.2 Å². The molecule has 0 aliphatic heterocycles. The van der Waals surface area contributed by atoms with Crippen molar-refractivity contribution in [2.45, 2.75) is 32.7 Å².